The Bertz CT molecular complexity index is 1030. The van der Waals surface area contributed by atoms with Crippen LogP contribution in [0.5, 0.6) is 11.5 Å². The monoisotopic (exact) mass is 479 g/mol. The molecule has 2 aromatic rings. The number of amides is 2. The molecule has 1 atom stereocenters. The summed E-state index contributed by atoms with van der Waals surface area (Å²) in [5.74, 6) is 1.78. The Hall–Kier alpha value is -3.06. The SMILES string of the molecule is CCOc1ccccc1CN1CCC(CNC(=O)CN2C(=O)[C@@H](CC)Oc3ccc(C)cc32)CC1. The summed E-state index contributed by atoms with van der Waals surface area (Å²) in [6, 6.07) is 14.0. The van der Waals surface area contributed by atoms with Crippen LogP contribution in [0, 0.1) is 12.8 Å². The van der Waals surface area contributed by atoms with E-state index in [2.05, 4.69) is 22.3 Å². The highest BCUT2D eigenvalue weighted by molar-refractivity contribution is 6.03. The standard InChI is InChI=1S/C28H37N3O4/c1-4-24-28(33)31(23-16-20(3)10-11-26(23)35-24)19-27(32)29-17-21-12-14-30(15-13-21)18-22-8-6-7-9-25(22)34-5-2/h6-11,16,21,24H,4-5,12-15,17-19H2,1-3H3,(H,29,32)/t24-/m1/s1. The number of rotatable bonds is 9. The normalized spacial score (nSPS) is 18.7. The highest BCUT2D eigenvalue weighted by Gasteiger charge is 2.34. The summed E-state index contributed by atoms with van der Waals surface area (Å²) in [5.41, 5.74) is 2.92. The molecule has 0 radical (unpaired) electrons. The molecule has 0 saturated carbocycles. The number of aryl methyl sites for hydroxylation is 1. The zero-order chi connectivity index (χ0) is 24.8. The molecule has 4 rings (SSSR count). The predicted molar refractivity (Wildman–Crippen MR) is 137 cm³/mol. The second-order valence-corrected chi connectivity index (χ2v) is 9.47. The molecule has 35 heavy (non-hydrogen) atoms. The molecular formula is C28H37N3O4. The summed E-state index contributed by atoms with van der Waals surface area (Å²) in [6.07, 6.45) is 2.09. The summed E-state index contributed by atoms with van der Waals surface area (Å²) in [5, 5.41) is 3.08. The van der Waals surface area contributed by atoms with Gasteiger partial charge in [-0.1, -0.05) is 31.2 Å². The van der Waals surface area contributed by atoms with Crippen molar-refractivity contribution in [3.63, 3.8) is 0 Å². The zero-order valence-electron chi connectivity index (χ0n) is 21.1. The number of fused-ring (bicyclic) bond motifs is 1. The molecule has 2 heterocycles. The third-order valence-corrected chi connectivity index (χ3v) is 6.85. The second kappa shape index (κ2) is 11.6. The molecule has 2 aliphatic rings. The fraction of sp³-hybridized carbons (Fsp3) is 0.500. The largest absolute Gasteiger partial charge is 0.494 e. The number of carbonyl (C=O) groups is 2. The number of nitrogens with one attached hydrogen (secondary N) is 1. The second-order valence-electron chi connectivity index (χ2n) is 9.47. The minimum Gasteiger partial charge on any atom is -0.494 e. The third kappa shape index (κ3) is 6.14. The maximum Gasteiger partial charge on any atom is 0.268 e. The van der Waals surface area contributed by atoms with Gasteiger partial charge in [0.25, 0.3) is 5.91 Å². The average Bonchev–Trinajstić information content (AvgIpc) is 2.86. The lowest BCUT2D eigenvalue weighted by Crippen LogP contribution is -2.50. The van der Waals surface area contributed by atoms with Crippen LogP contribution in [0.25, 0.3) is 0 Å². The van der Waals surface area contributed by atoms with Crippen LogP contribution in [0.2, 0.25) is 0 Å². The molecule has 0 aromatic heterocycles. The van der Waals surface area contributed by atoms with Crippen LogP contribution < -0.4 is 19.7 Å². The van der Waals surface area contributed by atoms with E-state index in [4.69, 9.17) is 9.47 Å². The molecule has 0 spiro atoms. The molecule has 2 aromatic carbocycles. The molecule has 7 nitrogen and oxygen atoms in total. The number of carbonyl (C=O) groups excluding carboxylic acids is 2. The average molecular weight is 480 g/mol. The van der Waals surface area contributed by atoms with Gasteiger partial charge in [-0.25, -0.2) is 0 Å². The third-order valence-electron chi connectivity index (χ3n) is 6.85. The number of hydrogen-bond donors (Lipinski definition) is 1. The number of para-hydroxylation sites is 1. The molecule has 0 aliphatic carbocycles. The van der Waals surface area contributed by atoms with Gasteiger partial charge in [0.2, 0.25) is 5.91 Å². The summed E-state index contributed by atoms with van der Waals surface area (Å²) in [6.45, 7) is 10.1. The van der Waals surface area contributed by atoms with Gasteiger partial charge >= 0.3 is 0 Å². The van der Waals surface area contributed by atoms with Gasteiger partial charge in [0, 0.05) is 18.7 Å². The van der Waals surface area contributed by atoms with Crippen molar-refractivity contribution in [2.45, 2.75) is 52.7 Å². The highest BCUT2D eigenvalue weighted by Crippen LogP contribution is 2.35. The van der Waals surface area contributed by atoms with Crippen molar-refractivity contribution in [2.24, 2.45) is 5.92 Å². The van der Waals surface area contributed by atoms with Gasteiger partial charge in [-0.15, -0.1) is 0 Å². The Kier molecular flexibility index (Phi) is 8.29. The molecule has 1 fully saturated rings. The van der Waals surface area contributed by atoms with Crippen LogP contribution in [-0.2, 0) is 16.1 Å². The Balaban J connectivity index is 1.27. The van der Waals surface area contributed by atoms with E-state index >= 15 is 0 Å². The zero-order valence-corrected chi connectivity index (χ0v) is 21.1. The van der Waals surface area contributed by atoms with Crippen molar-refractivity contribution < 1.29 is 19.1 Å². The number of hydrogen-bond acceptors (Lipinski definition) is 5. The highest BCUT2D eigenvalue weighted by atomic mass is 16.5. The lowest BCUT2D eigenvalue weighted by Gasteiger charge is -2.34. The van der Waals surface area contributed by atoms with E-state index in [-0.39, 0.29) is 18.4 Å². The Morgan fingerprint density at radius 1 is 1.14 bits per heavy atom. The Morgan fingerprint density at radius 2 is 1.91 bits per heavy atom. The van der Waals surface area contributed by atoms with Gasteiger partial charge in [-0.05, 0) is 75.9 Å². The first-order valence-electron chi connectivity index (χ1n) is 12.8. The quantitative estimate of drug-likeness (QED) is 0.590. The van der Waals surface area contributed by atoms with E-state index in [1.807, 2.05) is 51.1 Å². The number of anilines is 1. The molecule has 2 aliphatic heterocycles. The van der Waals surface area contributed by atoms with Crippen molar-refractivity contribution >= 4 is 17.5 Å². The molecular weight excluding hydrogens is 442 g/mol. The first kappa shape index (κ1) is 25.0. The van der Waals surface area contributed by atoms with Crippen molar-refractivity contribution in [2.75, 3.05) is 37.7 Å². The molecule has 2 amide bonds. The predicted octanol–water partition coefficient (Wildman–Crippen LogP) is 3.93. The van der Waals surface area contributed by atoms with E-state index in [0.29, 0.717) is 36.9 Å². The number of ether oxygens (including phenoxy) is 2. The van der Waals surface area contributed by atoms with E-state index in [0.717, 1.165) is 43.8 Å². The maximum absolute atomic E-state index is 12.9. The van der Waals surface area contributed by atoms with Gasteiger partial charge in [-0.2, -0.15) is 0 Å². The van der Waals surface area contributed by atoms with Gasteiger partial charge in [0.05, 0.1) is 12.3 Å². The van der Waals surface area contributed by atoms with Crippen molar-refractivity contribution in [1.29, 1.82) is 0 Å². The number of benzene rings is 2. The summed E-state index contributed by atoms with van der Waals surface area (Å²) in [4.78, 5) is 29.8. The van der Waals surface area contributed by atoms with Crippen LogP contribution >= 0.6 is 0 Å². The minimum absolute atomic E-state index is 0.0161. The van der Waals surface area contributed by atoms with Crippen molar-refractivity contribution in [1.82, 2.24) is 10.2 Å². The van der Waals surface area contributed by atoms with E-state index in [9.17, 15) is 9.59 Å². The van der Waals surface area contributed by atoms with Crippen LogP contribution in [0.1, 0.15) is 44.2 Å². The van der Waals surface area contributed by atoms with Crippen molar-refractivity contribution in [3.05, 3.63) is 53.6 Å². The smallest absolute Gasteiger partial charge is 0.268 e. The molecule has 188 valence electrons. The van der Waals surface area contributed by atoms with Crippen LogP contribution in [-0.4, -0.2) is 55.6 Å². The van der Waals surface area contributed by atoms with Crippen LogP contribution in [0.3, 0.4) is 0 Å². The van der Waals surface area contributed by atoms with Crippen LogP contribution in [0.15, 0.2) is 42.5 Å². The molecule has 0 unspecified atom stereocenters. The Morgan fingerprint density at radius 3 is 2.66 bits per heavy atom. The van der Waals surface area contributed by atoms with Gasteiger partial charge in [-0.3, -0.25) is 19.4 Å². The van der Waals surface area contributed by atoms with E-state index in [1.165, 1.54) is 5.56 Å². The van der Waals surface area contributed by atoms with Gasteiger partial charge < -0.3 is 14.8 Å². The first-order chi connectivity index (χ1) is 17.0. The lowest BCUT2D eigenvalue weighted by molar-refractivity contribution is -0.129. The first-order valence-corrected chi connectivity index (χ1v) is 12.8. The lowest BCUT2D eigenvalue weighted by atomic mass is 9.96. The number of likely N-dealkylation sites (tertiary alicyclic amines) is 1. The van der Waals surface area contributed by atoms with E-state index in [1.54, 1.807) is 4.90 Å². The van der Waals surface area contributed by atoms with Crippen LogP contribution in [0.4, 0.5) is 5.69 Å². The molecule has 1 saturated heterocycles. The Labute approximate surface area is 208 Å². The summed E-state index contributed by atoms with van der Waals surface area (Å²) < 4.78 is 11.6. The topological polar surface area (TPSA) is 71.1 Å². The fourth-order valence-corrected chi connectivity index (χ4v) is 4.83. The van der Waals surface area contributed by atoms with Crippen molar-refractivity contribution in [3.8, 4) is 11.5 Å². The summed E-state index contributed by atoms with van der Waals surface area (Å²) in [7, 11) is 0. The minimum atomic E-state index is -0.546. The number of piperidine rings is 1. The number of nitrogens with zero attached hydrogens (tertiary/aromatic N) is 2. The molecule has 7 heteroatoms. The maximum atomic E-state index is 12.9. The van der Waals surface area contributed by atoms with Gasteiger partial charge in [0.15, 0.2) is 6.10 Å². The molecule has 0 bridgehead atoms. The summed E-state index contributed by atoms with van der Waals surface area (Å²) >= 11 is 0. The van der Waals surface area contributed by atoms with Gasteiger partial charge in [0.1, 0.15) is 18.0 Å². The van der Waals surface area contributed by atoms with E-state index < -0.39 is 6.10 Å². The fourth-order valence-electron chi connectivity index (χ4n) is 4.83. The molecule has 1 N–H and O–H groups in total.